The maximum atomic E-state index is 12.4. The number of amides is 1. The van der Waals surface area contributed by atoms with Gasteiger partial charge in [-0.3, -0.25) is 9.59 Å². The number of carbonyl (C=O) groups excluding carboxylic acids is 2. The minimum atomic E-state index is -0.213. The molecule has 1 amide bonds. The van der Waals surface area contributed by atoms with Gasteiger partial charge in [0.1, 0.15) is 5.75 Å². The fourth-order valence-electron chi connectivity index (χ4n) is 2.45. The molecule has 0 radical (unpaired) electrons. The van der Waals surface area contributed by atoms with E-state index in [2.05, 4.69) is 10.3 Å². The molecule has 1 heterocycles. The SMILES string of the molecule is COc1ccc(C(=O)Nc2cccc(/C=C/C(=O)c3scnc3C)c2)cc1. The Morgan fingerprint density at radius 2 is 1.93 bits per heavy atom. The van der Waals surface area contributed by atoms with Gasteiger partial charge in [-0.2, -0.15) is 0 Å². The first-order chi connectivity index (χ1) is 13.1. The van der Waals surface area contributed by atoms with Crippen LogP contribution in [0.25, 0.3) is 6.08 Å². The molecule has 0 bridgehead atoms. The summed E-state index contributed by atoms with van der Waals surface area (Å²) in [6.45, 7) is 1.81. The van der Waals surface area contributed by atoms with Crippen LogP contribution in [0.2, 0.25) is 0 Å². The number of aromatic nitrogens is 1. The molecule has 136 valence electrons. The molecule has 3 rings (SSSR count). The largest absolute Gasteiger partial charge is 0.497 e. The van der Waals surface area contributed by atoms with Crippen molar-refractivity contribution in [2.45, 2.75) is 6.92 Å². The molecule has 0 fully saturated rings. The lowest BCUT2D eigenvalue weighted by Crippen LogP contribution is -2.11. The molecular formula is C21H18N2O3S. The van der Waals surface area contributed by atoms with Crippen LogP contribution >= 0.6 is 11.3 Å². The second kappa shape index (κ2) is 8.42. The van der Waals surface area contributed by atoms with Gasteiger partial charge < -0.3 is 10.1 Å². The third kappa shape index (κ3) is 4.68. The Labute approximate surface area is 161 Å². The van der Waals surface area contributed by atoms with Crippen molar-refractivity contribution in [1.29, 1.82) is 0 Å². The van der Waals surface area contributed by atoms with Crippen molar-refractivity contribution < 1.29 is 14.3 Å². The van der Waals surface area contributed by atoms with Crippen molar-refractivity contribution in [2.24, 2.45) is 0 Å². The Kier molecular flexibility index (Phi) is 5.78. The molecule has 0 aliphatic rings. The van der Waals surface area contributed by atoms with Crippen LogP contribution in [0.4, 0.5) is 5.69 Å². The summed E-state index contributed by atoms with van der Waals surface area (Å²) in [5, 5.41) is 2.85. The number of aryl methyl sites for hydroxylation is 1. The molecule has 0 saturated heterocycles. The standard InChI is InChI=1S/C21H18N2O3S/c1-14-20(27-13-22-14)19(24)11-6-15-4-3-5-17(12-15)23-21(25)16-7-9-18(26-2)10-8-16/h3-13H,1-2H3,(H,23,25)/b11-6+. The van der Waals surface area contributed by atoms with Crippen molar-refractivity contribution in [3.63, 3.8) is 0 Å². The summed E-state index contributed by atoms with van der Waals surface area (Å²) in [7, 11) is 1.58. The van der Waals surface area contributed by atoms with Gasteiger partial charge in [-0.05, 0) is 55.0 Å². The van der Waals surface area contributed by atoms with Crippen molar-refractivity contribution in [2.75, 3.05) is 12.4 Å². The number of methoxy groups -OCH3 is 1. The van der Waals surface area contributed by atoms with Crippen LogP contribution in [0.3, 0.4) is 0 Å². The van der Waals surface area contributed by atoms with E-state index in [0.29, 0.717) is 21.9 Å². The smallest absolute Gasteiger partial charge is 0.255 e. The summed E-state index contributed by atoms with van der Waals surface area (Å²) < 4.78 is 5.09. The molecule has 0 unspecified atom stereocenters. The predicted molar refractivity (Wildman–Crippen MR) is 108 cm³/mol. The number of hydrogen-bond donors (Lipinski definition) is 1. The topological polar surface area (TPSA) is 68.3 Å². The minimum Gasteiger partial charge on any atom is -0.497 e. The summed E-state index contributed by atoms with van der Waals surface area (Å²) in [6, 6.07) is 14.2. The molecular weight excluding hydrogens is 360 g/mol. The number of allylic oxidation sites excluding steroid dienone is 1. The fourth-order valence-corrected chi connectivity index (χ4v) is 3.18. The summed E-state index contributed by atoms with van der Waals surface area (Å²) >= 11 is 1.33. The van der Waals surface area contributed by atoms with Crippen molar-refractivity contribution in [3.05, 3.63) is 81.8 Å². The van der Waals surface area contributed by atoms with E-state index in [-0.39, 0.29) is 11.7 Å². The van der Waals surface area contributed by atoms with Crippen LogP contribution in [0.1, 0.15) is 31.3 Å². The lowest BCUT2D eigenvalue weighted by Gasteiger charge is -2.07. The van der Waals surface area contributed by atoms with E-state index in [1.165, 1.54) is 17.4 Å². The number of ketones is 1. The highest BCUT2D eigenvalue weighted by atomic mass is 32.1. The second-order valence-electron chi connectivity index (χ2n) is 5.77. The number of rotatable bonds is 6. The first kappa shape index (κ1) is 18.5. The van der Waals surface area contributed by atoms with E-state index in [0.717, 1.165) is 11.3 Å². The van der Waals surface area contributed by atoms with Gasteiger partial charge in [-0.25, -0.2) is 4.98 Å². The van der Waals surface area contributed by atoms with E-state index in [4.69, 9.17) is 4.74 Å². The summed E-state index contributed by atoms with van der Waals surface area (Å²) in [5.41, 5.74) is 4.39. The minimum absolute atomic E-state index is 0.0809. The van der Waals surface area contributed by atoms with E-state index in [1.807, 2.05) is 25.1 Å². The van der Waals surface area contributed by atoms with E-state index < -0.39 is 0 Å². The van der Waals surface area contributed by atoms with Crippen LogP contribution in [-0.4, -0.2) is 23.8 Å². The molecule has 0 saturated carbocycles. The number of anilines is 1. The zero-order valence-corrected chi connectivity index (χ0v) is 15.7. The molecule has 0 spiro atoms. The molecule has 0 atom stereocenters. The van der Waals surface area contributed by atoms with Gasteiger partial charge in [0.05, 0.1) is 23.2 Å². The third-order valence-electron chi connectivity index (χ3n) is 3.89. The molecule has 27 heavy (non-hydrogen) atoms. The number of benzene rings is 2. The Morgan fingerprint density at radius 3 is 2.59 bits per heavy atom. The van der Waals surface area contributed by atoms with Crippen molar-refractivity contribution in [1.82, 2.24) is 4.98 Å². The summed E-state index contributed by atoms with van der Waals surface area (Å²) in [4.78, 5) is 29.3. The van der Waals surface area contributed by atoms with Crippen molar-refractivity contribution >= 4 is 34.8 Å². The molecule has 0 aliphatic heterocycles. The third-order valence-corrected chi connectivity index (χ3v) is 4.84. The second-order valence-corrected chi connectivity index (χ2v) is 6.63. The number of nitrogens with one attached hydrogen (secondary N) is 1. The molecule has 5 nitrogen and oxygen atoms in total. The number of nitrogens with zero attached hydrogens (tertiary/aromatic N) is 1. The van der Waals surface area contributed by atoms with Gasteiger partial charge in [0.15, 0.2) is 5.78 Å². The molecule has 6 heteroatoms. The van der Waals surface area contributed by atoms with Gasteiger partial charge in [0.2, 0.25) is 0 Å². The Bertz CT molecular complexity index is 991. The van der Waals surface area contributed by atoms with Gasteiger partial charge in [0.25, 0.3) is 5.91 Å². The first-order valence-electron chi connectivity index (χ1n) is 8.25. The Balaban J connectivity index is 1.69. The monoisotopic (exact) mass is 378 g/mol. The van der Waals surface area contributed by atoms with Gasteiger partial charge in [-0.1, -0.05) is 18.2 Å². The molecule has 2 aromatic carbocycles. The van der Waals surface area contributed by atoms with Gasteiger partial charge >= 0.3 is 0 Å². The van der Waals surface area contributed by atoms with E-state index in [9.17, 15) is 9.59 Å². The number of thiazole rings is 1. The quantitative estimate of drug-likeness (QED) is 0.502. The maximum Gasteiger partial charge on any atom is 0.255 e. The number of ether oxygens (including phenoxy) is 1. The summed E-state index contributed by atoms with van der Waals surface area (Å²) in [5.74, 6) is 0.400. The molecule has 1 N–H and O–H groups in total. The first-order valence-corrected chi connectivity index (χ1v) is 9.13. The van der Waals surface area contributed by atoms with Crippen LogP contribution in [-0.2, 0) is 0 Å². The predicted octanol–water partition coefficient (Wildman–Crippen LogP) is 4.61. The highest BCUT2D eigenvalue weighted by Gasteiger charge is 2.09. The van der Waals surface area contributed by atoms with Crippen LogP contribution in [0, 0.1) is 6.92 Å². The molecule has 0 aliphatic carbocycles. The average Bonchev–Trinajstić information content (AvgIpc) is 3.12. The normalized spacial score (nSPS) is 10.7. The van der Waals surface area contributed by atoms with Crippen LogP contribution in [0.5, 0.6) is 5.75 Å². The lowest BCUT2D eigenvalue weighted by atomic mass is 10.1. The van der Waals surface area contributed by atoms with Crippen LogP contribution in [0.15, 0.2) is 60.1 Å². The number of carbonyl (C=O) groups is 2. The lowest BCUT2D eigenvalue weighted by molar-refractivity contribution is 0.102. The average molecular weight is 378 g/mol. The van der Waals surface area contributed by atoms with Crippen LogP contribution < -0.4 is 10.1 Å². The molecule has 3 aromatic rings. The van der Waals surface area contributed by atoms with Crippen molar-refractivity contribution in [3.8, 4) is 5.75 Å². The van der Waals surface area contributed by atoms with E-state index in [1.54, 1.807) is 49.0 Å². The zero-order chi connectivity index (χ0) is 19.2. The summed E-state index contributed by atoms with van der Waals surface area (Å²) in [6.07, 6.45) is 3.25. The molecule has 1 aromatic heterocycles. The maximum absolute atomic E-state index is 12.4. The highest BCUT2D eigenvalue weighted by Crippen LogP contribution is 2.17. The Hall–Kier alpha value is -3.25. The van der Waals surface area contributed by atoms with Gasteiger partial charge in [0, 0.05) is 11.3 Å². The van der Waals surface area contributed by atoms with Gasteiger partial charge in [-0.15, -0.1) is 11.3 Å². The Morgan fingerprint density at radius 1 is 1.15 bits per heavy atom. The van der Waals surface area contributed by atoms with E-state index >= 15 is 0 Å². The number of hydrogen-bond acceptors (Lipinski definition) is 5. The highest BCUT2D eigenvalue weighted by molar-refractivity contribution is 7.12. The zero-order valence-electron chi connectivity index (χ0n) is 14.9. The fraction of sp³-hybridized carbons (Fsp3) is 0.0952.